The monoisotopic (exact) mass is 530 g/mol. The summed E-state index contributed by atoms with van der Waals surface area (Å²) in [5.74, 6) is 0.243. The third kappa shape index (κ3) is 5.58. The fourth-order valence-corrected chi connectivity index (χ4v) is 5.60. The van der Waals surface area contributed by atoms with Gasteiger partial charge in [-0.15, -0.1) is 0 Å². The molecule has 1 aliphatic heterocycles. The lowest BCUT2D eigenvalue weighted by atomic mass is 10.0. The molecule has 1 aromatic heterocycles. The van der Waals surface area contributed by atoms with Crippen molar-refractivity contribution in [2.75, 3.05) is 37.7 Å². The van der Waals surface area contributed by atoms with E-state index < -0.39 is 20.8 Å². The average Bonchev–Trinajstić information content (AvgIpc) is 2.88. The zero-order chi connectivity index (χ0) is 25.9. The molecule has 0 saturated carbocycles. The normalized spacial score (nSPS) is 15.8. The summed E-state index contributed by atoms with van der Waals surface area (Å²) in [5.41, 5.74) is 1.80. The first-order valence-electron chi connectivity index (χ1n) is 12.0. The Kier molecular flexibility index (Phi) is 8.02. The van der Waals surface area contributed by atoms with Crippen molar-refractivity contribution in [2.24, 2.45) is 0 Å². The summed E-state index contributed by atoms with van der Waals surface area (Å²) < 4.78 is 34.2. The molecule has 4 rings (SSSR count). The number of benzene rings is 2. The number of rotatable bonds is 8. The molecule has 0 amide bonds. The van der Waals surface area contributed by atoms with E-state index in [1.165, 1.54) is 8.99 Å². The van der Waals surface area contributed by atoms with Gasteiger partial charge in [0.2, 0.25) is 15.8 Å². The number of halogens is 1. The molecule has 0 bridgehead atoms. The predicted molar refractivity (Wildman–Crippen MR) is 143 cm³/mol. The van der Waals surface area contributed by atoms with Crippen molar-refractivity contribution in [3.8, 4) is 11.4 Å². The first kappa shape index (κ1) is 26.2. The van der Waals surface area contributed by atoms with Crippen LogP contribution in [0.1, 0.15) is 32.3 Å². The Morgan fingerprint density at radius 2 is 1.69 bits per heavy atom. The van der Waals surface area contributed by atoms with E-state index in [0.717, 1.165) is 5.56 Å². The first-order chi connectivity index (χ1) is 17.2. The Bertz CT molecular complexity index is 1350. The Morgan fingerprint density at radius 3 is 2.33 bits per heavy atom. The summed E-state index contributed by atoms with van der Waals surface area (Å²) in [6, 6.07) is 16.9. The Morgan fingerprint density at radius 1 is 1.00 bits per heavy atom. The van der Waals surface area contributed by atoms with Crippen LogP contribution in [0.15, 0.2) is 65.6 Å². The third-order valence-electron chi connectivity index (χ3n) is 6.35. The SMILES string of the molecule is CC(COc1c(N2CCN(S(=O)(=O)C(C)C)CC2)cnn(-c2cccc(Cl)c2)c1=O)c1ccccc1. The standard InChI is InChI=1S/C26H31ClN4O4S/c1-19(2)36(33,34)30-14-12-29(13-15-30)24-17-28-31(23-11-7-10-22(27)16-23)26(32)25(24)35-18-20(3)21-8-5-4-6-9-21/h4-11,16-17,19-20H,12-15,18H2,1-3H3. The average molecular weight is 531 g/mol. The molecule has 10 heteroatoms. The van der Waals surface area contributed by atoms with E-state index in [1.54, 1.807) is 44.3 Å². The molecule has 0 N–H and O–H groups in total. The number of hydrogen-bond acceptors (Lipinski definition) is 6. The fourth-order valence-electron chi connectivity index (χ4n) is 4.15. The summed E-state index contributed by atoms with van der Waals surface area (Å²) in [7, 11) is -3.34. The number of nitrogens with zero attached hydrogens (tertiary/aromatic N) is 4. The second-order valence-corrected chi connectivity index (χ2v) is 12.1. The van der Waals surface area contributed by atoms with Gasteiger partial charge in [0, 0.05) is 37.1 Å². The van der Waals surface area contributed by atoms with E-state index >= 15 is 0 Å². The van der Waals surface area contributed by atoms with Crippen LogP contribution in [0.5, 0.6) is 5.75 Å². The Labute approximate surface area is 217 Å². The molecule has 3 aromatic rings. The highest BCUT2D eigenvalue weighted by atomic mass is 35.5. The van der Waals surface area contributed by atoms with Gasteiger partial charge in [-0.1, -0.05) is 54.9 Å². The van der Waals surface area contributed by atoms with Crippen LogP contribution in [0.25, 0.3) is 5.69 Å². The Balaban J connectivity index is 1.65. The minimum Gasteiger partial charge on any atom is -0.486 e. The van der Waals surface area contributed by atoms with Gasteiger partial charge in [0.05, 0.1) is 23.7 Å². The van der Waals surface area contributed by atoms with Crippen LogP contribution in [0.2, 0.25) is 5.02 Å². The van der Waals surface area contributed by atoms with Crippen LogP contribution in [-0.4, -0.2) is 60.5 Å². The van der Waals surface area contributed by atoms with Gasteiger partial charge in [-0.3, -0.25) is 4.79 Å². The molecule has 2 aromatic carbocycles. The van der Waals surface area contributed by atoms with Crippen molar-refractivity contribution in [3.05, 3.63) is 81.7 Å². The van der Waals surface area contributed by atoms with Gasteiger partial charge in [-0.05, 0) is 37.6 Å². The van der Waals surface area contributed by atoms with Crippen molar-refractivity contribution in [2.45, 2.75) is 31.9 Å². The van der Waals surface area contributed by atoms with E-state index in [-0.39, 0.29) is 11.7 Å². The number of ether oxygens (including phenoxy) is 1. The highest BCUT2D eigenvalue weighted by Crippen LogP contribution is 2.28. The van der Waals surface area contributed by atoms with E-state index in [9.17, 15) is 13.2 Å². The second-order valence-electron chi connectivity index (χ2n) is 9.16. The summed E-state index contributed by atoms with van der Waals surface area (Å²) in [6.45, 7) is 7.23. The molecule has 192 valence electrons. The number of piperazine rings is 1. The molecule has 36 heavy (non-hydrogen) atoms. The zero-order valence-corrected chi connectivity index (χ0v) is 22.2. The Hall–Kier alpha value is -2.88. The van der Waals surface area contributed by atoms with Crippen LogP contribution < -0.4 is 15.2 Å². The summed E-state index contributed by atoms with van der Waals surface area (Å²) in [5, 5.41) is 4.41. The van der Waals surface area contributed by atoms with Gasteiger partial charge < -0.3 is 9.64 Å². The van der Waals surface area contributed by atoms with E-state index in [2.05, 4.69) is 5.10 Å². The minimum absolute atomic E-state index is 0.0549. The molecule has 1 saturated heterocycles. The molecular weight excluding hydrogens is 500 g/mol. The van der Waals surface area contributed by atoms with Gasteiger partial charge in [0.15, 0.2) is 0 Å². The molecule has 1 atom stereocenters. The molecule has 0 radical (unpaired) electrons. The number of hydrogen-bond donors (Lipinski definition) is 0. The van der Waals surface area contributed by atoms with Gasteiger partial charge in [-0.25, -0.2) is 8.42 Å². The largest absolute Gasteiger partial charge is 0.486 e. The van der Waals surface area contributed by atoms with Gasteiger partial charge >= 0.3 is 5.56 Å². The van der Waals surface area contributed by atoms with Crippen molar-refractivity contribution >= 4 is 27.3 Å². The molecule has 1 unspecified atom stereocenters. The fraction of sp³-hybridized carbons (Fsp3) is 0.385. The molecule has 8 nitrogen and oxygen atoms in total. The smallest absolute Gasteiger partial charge is 0.316 e. The van der Waals surface area contributed by atoms with Gasteiger partial charge in [0.1, 0.15) is 5.69 Å². The van der Waals surface area contributed by atoms with Crippen LogP contribution in [0, 0.1) is 0 Å². The van der Waals surface area contributed by atoms with Crippen molar-refractivity contribution < 1.29 is 13.2 Å². The first-order valence-corrected chi connectivity index (χ1v) is 13.9. The topological polar surface area (TPSA) is 84.7 Å². The molecule has 1 aliphatic rings. The lowest BCUT2D eigenvalue weighted by Gasteiger charge is -2.36. The van der Waals surface area contributed by atoms with E-state index in [4.69, 9.17) is 16.3 Å². The van der Waals surface area contributed by atoms with Crippen molar-refractivity contribution in [3.63, 3.8) is 0 Å². The van der Waals surface area contributed by atoms with E-state index in [0.29, 0.717) is 49.2 Å². The lowest BCUT2D eigenvalue weighted by Crippen LogP contribution is -2.50. The van der Waals surface area contributed by atoms with Gasteiger partial charge in [0.25, 0.3) is 0 Å². The summed E-state index contributed by atoms with van der Waals surface area (Å²) in [6.07, 6.45) is 1.61. The van der Waals surface area contributed by atoms with E-state index in [1.807, 2.05) is 42.2 Å². The number of aromatic nitrogens is 2. The minimum atomic E-state index is -3.34. The molecular formula is C26H31ClN4O4S. The molecule has 0 aliphatic carbocycles. The third-order valence-corrected chi connectivity index (χ3v) is 8.86. The quantitative estimate of drug-likeness (QED) is 0.439. The molecule has 2 heterocycles. The zero-order valence-electron chi connectivity index (χ0n) is 20.7. The van der Waals surface area contributed by atoms with Crippen molar-refractivity contribution in [1.29, 1.82) is 0 Å². The van der Waals surface area contributed by atoms with Crippen LogP contribution >= 0.6 is 11.6 Å². The maximum absolute atomic E-state index is 13.6. The van der Waals surface area contributed by atoms with Crippen molar-refractivity contribution in [1.82, 2.24) is 14.1 Å². The predicted octanol–water partition coefficient (Wildman–Crippen LogP) is 3.93. The maximum Gasteiger partial charge on any atom is 0.316 e. The molecule has 0 spiro atoms. The highest BCUT2D eigenvalue weighted by Gasteiger charge is 2.31. The van der Waals surface area contributed by atoms with Crippen LogP contribution in [0.4, 0.5) is 5.69 Å². The summed E-state index contributed by atoms with van der Waals surface area (Å²) in [4.78, 5) is 15.6. The van der Waals surface area contributed by atoms with Crippen LogP contribution in [-0.2, 0) is 10.0 Å². The molecule has 1 fully saturated rings. The number of anilines is 1. The van der Waals surface area contributed by atoms with Gasteiger partial charge in [-0.2, -0.15) is 14.1 Å². The summed E-state index contributed by atoms with van der Waals surface area (Å²) >= 11 is 6.15. The lowest BCUT2D eigenvalue weighted by molar-refractivity contribution is 0.288. The number of sulfonamides is 1. The maximum atomic E-state index is 13.6. The highest BCUT2D eigenvalue weighted by molar-refractivity contribution is 7.89. The van der Waals surface area contributed by atoms with Crippen LogP contribution in [0.3, 0.4) is 0 Å². The second kappa shape index (κ2) is 11.0.